The summed E-state index contributed by atoms with van der Waals surface area (Å²) in [6, 6.07) is 110. The number of fused-ring (bicyclic) bond motifs is 6. The first-order valence-corrected chi connectivity index (χ1v) is 29.0. The predicted molar refractivity (Wildman–Crippen MR) is 324 cm³/mol. The fraction of sp³-hybridized carbons (Fsp3) is 0.0270. The van der Waals surface area contributed by atoms with Crippen molar-refractivity contribution in [3.8, 4) is 33.6 Å². The van der Waals surface area contributed by atoms with Gasteiger partial charge in [0.15, 0.2) is 8.07 Å². The minimum Gasteiger partial charge on any atom is -0.309 e. The molecule has 3 heteroatoms. The smallest absolute Gasteiger partial charge is 0.179 e. The Morgan fingerprint density at radius 2 is 0.727 bits per heavy atom. The van der Waals surface area contributed by atoms with Gasteiger partial charge < -0.3 is 9.13 Å². The molecule has 14 aromatic rings. The molecule has 77 heavy (non-hydrogen) atoms. The molecule has 3 aliphatic rings. The van der Waals surface area contributed by atoms with E-state index in [-0.39, 0.29) is 11.8 Å². The van der Waals surface area contributed by atoms with Crippen LogP contribution in [0, 0.1) is 0 Å². The van der Waals surface area contributed by atoms with Gasteiger partial charge in [0.1, 0.15) is 0 Å². The van der Waals surface area contributed by atoms with E-state index >= 15 is 0 Å². The summed E-state index contributed by atoms with van der Waals surface area (Å²) in [6.07, 6.45) is 0. The summed E-state index contributed by atoms with van der Waals surface area (Å²) in [5.74, 6) is 0.0536. The van der Waals surface area contributed by atoms with E-state index in [1.54, 1.807) is 0 Å². The number of para-hydroxylation sites is 3. The number of aromatic nitrogens is 2. The molecule has 2 aromatic heterocycles. The van der Waals surface area contributed by atoms with Crippen molar-refractivity contribution in [2.75, 3.05) is 0 Å². The van der Waals surface area contributed by atoms with Crippen molar-refractivity contribution in [1.29, 1.82) is 0 Å². The molecule has 3 aliphatic carbocycles. The summed E-state index contributed by atoms with van der Waals surface area (Å²) in [6.45, 7) is 0. The maximum atomic E-state index is 2.55. The zero-order valence-electron chi connectivity index (χ0n) is 42.3. The van der Waals surface area contributed by atoms with Gasteiger partial charge in [-0.3, -0.25) is 0 Å². The molecule has 12 aromatic carbocycles. The van der Waals surface area contributed by atoms with Crippen LogP contribution >= 0.6 is 0 Å². The van der Waals surface area contributed by atoms with E-state index < -0.39 is 8.07 Å². The number of rotatable bonds is 8. The van der Waals surface area contributed by atoms with Gasteiger partial charge in [-0.25, -0.2) is 0 Å². The molecule has 0 aliphatic heterocycles. The fourth-order valence-corrected chi connectivity index (χ4v) is 19.3. The summed E-state index contributed by atoms with van der Waals surface area (Å²) in [7, 11) is -3.06. The monoisotopic (exact) mass is 994 g/mol. The van der Waals surface area contributed by atoms with Crippen LogP contribution in [0.15, 0.2) is 291 Å². The quantitative estimate of drug-likeness (QED) is 0.106. The predicted octanol–water partition coefficient (Wildman–Crippen LogP) is 15.6. The molecule has 2 bridgehead atoms. The lowest BCUT2D eigenvalue weighted by Gasteiger charge is -2.47. The largest absolute Gasteiger partial charge is 0.309 e. The highest BCUT2D eigenvalue weighted by Gasteiger charge is 2.50. The molecule has 0 saturated heterocycles. The molecule has 17 rings (SSSR count). The van der Waals surface area contributed by atoms with Gasteiger partial charge in [-0.15, -0.1) is 0 Å². The van der Waals surface area contributed by atoms with E-state index in [1.165, 1.54) is 126 Å². The fourth-order valence-electron chi connectivity index (χ4n) is 14.3. The van der Waals surface area contributed by atoms with Crippen molar-refractivity contribution in [3.05, 3.63) is 325 Å². The number of hydrogen-bond acceptors (Lipinski definition) is 0. The van der Waals surface area contributed by atoms with Gasteiger partial charge in [-0.2, -0.15) is 0 Å². The third-order valence-corrected chi connectivity index (χ3v) is 22.1. The maximum absolute atomic E-state index is 3.06. The van der Waals surface area contributed by atoms with Gasteiger partial charge in [0, 0.05) is 39.1 Å². The third-order valence-electron chi connectivity index (χ3n) is 17.3. The van der Waals surface area contributed by atoms with Crippen LogP contribution in [0.4, 0.5) is 0 Å². The van der Waals surface area contributed by atoms with Crippen LogP contribution < -0.4 is 20.7 Å². The molecule has 2 atom stereocenters. The molecule has 2 unspecified atom stereocenters. The van der Waals surface area contributed by atoms with Crippen molar-refractivity contribution >= 4 is 72.4 Å². The average molecular weight is 995 g/mol. The number of hydrogen-bond donors (Lipinski definition) is 0. The molecule has 0 amide bonds. The van der Waals surface area contributed by atoms with E-state index in [0.29, 0.717) is 0 Å². The molecule has 0 saturated carbocycles. The van der Waals surface area contributed by atoms with E-state index in [0.717, 1.165) is 5.69 Å². The second-order valence-electron chi connectivity index (χ2n) is 20.9. The summed E-state index contributed by atoms with van der Waals surface area (Å²) in [5.41, 5.74) is 20.7. The second-order valence-corrected chi connectivity index (χ2v) is 24.7. The molecule has 2 heterocycles. The molecule has 360 valence electrons. The molecule has 0 spiro atoms. The van der Waals surface area contributed by atoms with Crippen LogP contribution in [-0.2, 0) is 0 Å². The Labute approximate surface area is 449 Å². The molecule has 2 nitrogen and oxygen atoms in total. The van der Waals surface area contributed by atoms with Crippen LogP contribution in [0.1, 0.15) is 45.2 Å². The Morgan fingerprint density at radius 3 is 1.42 bits per heavy atom. The van der Waals surface area contributed by atoms with Crippen LogP contribution in [-0.4, -0.2) is 17.2 Å². The SMILES string of the molecule is c1ccc(-c2ccc([Si](c3ccccc3)(c3ccccc3)c3cccc4c3C3c5ccccc5C4c4cccc(-c5cccc6c5c5ccccc5n6-c5cccc6c5c5ccccc5n6-c5ccccc5)c43)cc2)cc1. The summed E-state index contributed by atoms with van der Waals surface area (Å²) < 4.78 is 4.97. The first-order valence-electron chi connectivity index (χ1n) is 27.0. The third kappa shape index (κ3) is 6.29. The lowest BCUT2D eigenvalue weighted by molar-refractivity contribution is 0.760. The molecular weight excluding hydrogens is 945 g/mol. The Hall–Kier alpha value is -9.54. The molecule has 0 radical (unpaired) electrons. The van der Waals surface area contributed by atoms with E-state index in [4.69, 9.17) is 0 Å². The van der Waals surface area contributed by atoms with Crippen LogP contribution in [0.3, 0.4) is 0 Å². The molecular formula is C74H50N2Si. The number of nitrogens with zero attached hydrogens (tertiary/aromatic N) is 2. The van der Waals surface area contributed by atoms with Crippen LogP contribution in [0.2, 0.25) is 0 Å². The molecule has 0 N–H and O–H groups in total. The maximum Gasteiger partial charge on any atom is 0.179 e. The lowest BCUT2D eigenvalue weighted by Crippen LogP contribution is -2.75. The lowest BCUT2D eigenvalue weighted by atomic mass is 9.60. The van der Waals surface area contributed by atoms with Gasteiger partial charge in [0.25, 0.3) is 0 Å². The van der Waals surface area contributed by atoms with Crippen LogP contribution in [0.25, 0.3) is 77.2 Å². The Bertz CT molecular complexity index is 4570. The van der Waals surface area contributed by atoms with Crippen molar-refractivity contribution in [2.45, 2.75) is 11.8 Å². The van der Waals surface area contributed by atoms with Crippen molar-refractivity contribution < 1.29 is 0 Å². The minimum atomic E-state index is -3.06. The zero-order valence-corrected chi connectivity index (χ0v) is 43.3. The topological polar surface area (TPSA) is 9.86 Å². The van der Waals surface area contributed by atoms with Gasteiger partial charge in [0.2, 0.25) is 0 Å². The van der Waals surface area contributed by atoms with Crippen molar-refractivity contribution in [1.82, 2.24) is 9.13 Å². The van der Waals surface area contributed by atoms with Gasteiger partial charge in [0.05, 0.1) is 27.8 Å². The van der Waals surface area contributed by atoms with Crippen molar-refractivity contribution in [3.63, 3.8) is 0 Å². The highest BCUT2D eigenvalue weighted by atomic mass is 28.3. The van der Waals surface area contributed by atoms with E-state index in [1.807, 2.05) is 0 Å². The van der Waals surface area contributed by atoms with Gasteiger partial charge >= 0.3 is 0 Å². The summed E-state index contributed by atoms with van der Waals surface area (Å²) in [4.78, 5) is 0. The van der Waals surface area contributed by atoms with E-state index in [9.17, 15) is 0 Å². The van der Waals surface area contributed by atoms with Gasteiger partial charge in [-0.1, -0.05) is 249 Å². The second kappa shape index (κ2) is 17.3. The first kappa shape index (κ1) is 43.8. The Kier molecular flexibility index (Phi) is 9.82. The Balaban J connectivity index is 0.964. The first-order chi connectivity index (χ1) is 38.3. The molecule has 0 fully saturated rings. The Morgan fingerprint density at radius 1 is 0.273 bits per heavy atom. The summed E-state index contributed by atoms with van der Waals surface area (Å²) >= 11 is 0. The van der Waals surface area contributed by atoms with Gasteiger partial charge in [-0.05, 0) is 119 Å². The van der Waals surface area contributed by atoms with Crippen LogP contribution in [0.5, 0.6) is 0 Å². The highest BCUT2D eigenvalue weighted by molar-refractivity contribution is 7.20. The number of benzene rings is 12. The minimum absolute atomic E-state index is 0.0158. The zero-order chi connectivity index (χ0) is 50.6. The standard InChI is InChI=1S/C74H50N2Si/c1-5-23-49(24-6-1)50-45-47-54(48-46-50)77(52-27-9-3-10-28-52,53-29-11-4-12-30-53)68-44-21-38-62-69-55-31-13-14-32-58(55)74(73(62)68)71-57(35-19-37-61(69)71)56-36-20-41-65-70(56)59-33-15-18-40-64(59)76(65)67-43-22-42-66-72(67)60-34-16-17-39-63(60)75(66)51-25-7-2-8-26-51/h1-48,69,74H. The highest BCUT2D eigenvalue weighted by Crippen LogP contribution is 2.58. The van der Waals surface area contributed by atoms with E-state index in [2.05, 4.69) is 300 Å². The average Bonchev–Trinajstić information content (AvgIpc) is 4.18. The summed E-state index contributed by atoms with van der Waals surface area (Å²) in [5, 5.41) is 10.6. The van der Waals surface area contributed by atoms with Crippen molar-refractivity contribution in [2.24, 2.45) is 0 Å². The normalized spacial score (nSPS) is 14.5.